The Morgan fingerprint density at radius 2 is 2.11 bits per heavy atom. The maximum atomic E-state index is 12.1. The zero-order valence-corrected chi connectivity index (χ0v) is 9.86. The van der Waals surface area contributed by atoms with Crippen LogP contribution in [0.4, 0.5) is 8.78 Å². The van der Waals surface area contributed by atoms with E-state index >= 15 is 0 Å². The summed E-state index contributed by atoms with van der Waals surface area (Å²) >= 11 is 0. The van der Waals surface area contributed by atoms with Gasteiger partial charge in [0, 0.05) is 6.07 Å². The molecule has 0 atom stereocenters. The summed E-state index contributed by atoms with van der Waals surface area (Å²) in [5.41, 5.74) is -0.167. The van der Waals surface area contributed by atoms with Gasteiger partial charge in [0.25, 0.3) is 6.43 Å². The van der Waals surface area contributed by atoms with Gasteiger partial charge in [0.05, 0.1) is 6.61 Å². The minimum Gasteiger partial charge on any atom is -0.493 e. The molecule has 18 heavy (non-hydrogen) atoms. The highest BCUT2D eigenvalue weighted by Gasteiger charge is 2.14. The van der Waals surface area contributed by atoms with E-state index in [0.29, 0.717) is 12.4 Å². The molecule has 4 nitrogen and oxygen atoms in total. The number of hydrogen-bond donors (Lipinski definition) is 1. The van der Waals surface area contributed by atoms with Gasteiger partial charge in [0.2, 0.25) is 0 Å². The number of carboxylic acid groups (broad SMARTS) is 1. The summed E-state index contributed by atoms with van der Waals surface area (Å²) in [6.45, 7) is 1.53. The van der Waals surface area contributed by atoms with Crippen LogP contribution < -0.4 is 9.47 Å². The van der Waals surface area contributed by atoms with Crippen LogP contribution in [0, 0.1) is 0 Å². The van der Waals surface area contributed by atoms with Gasteiger partial charge in [-0.3, -0.25) is 0 Å². The molecule has 1 aromatic carbocycles. The molecule has 0 saturated carbocycles. The third kappa shape index (κ3) is 4.20. The molecule has 0 aliphatic heterocycles. The Bertz CT molecular complexity index is 407. The van der Waals surface area contributed by atoms with Crippen molar-refractivity contribution in [2.75, 3.05) is 13.2 Å². The van der Waals surface area contributed by atoms with Gasteiger partial charge in [-0.25, -0.2) is 13.6 Å². The Kier molecular flexibility index (Phi) is 5.35. The highest BCUT2D eigenvalue weighted by atomic mass is 19.3. The van der Waals surface area contributed by atoms with Gasteiger partial charge in [0.1, 0.15) is 23.7 Å². The number of rotatable bonds is 7. The first-order chi connectivity index (χ1) is 8.54. The predicted molar refractivity (Wildman–Crippen MR) is 60.7 cm³/mol. The van der Waals surface area contributed by atoms with Crippen molar-refractivity contribution in [1.82, 2.24) is 0 Å². The molecule has 0 amide bonds. The molecule has 1 N–H and O–H groups in total. The number of hydrogen-bond acceptors (Lipinski definition) is 3. The van der Waals surface area contributed by atoms with Gasteiger partial charge in [-0.2, -0.15) is 0 Å². The standard InChI is InChI=1S/C12H14F2O4/c1-2-5-17-8-3-4-9(12(15)16)10(6-8)18-7-11(13)14/h3-4,6,11H,2,5,7H2,1H3,(H,15,16). The van der Waals surface area contributed by atoms with Crippen molar-refractivity contribution < 1.29 is 28.2 Å². The van der Waals surface area contributed by atoms with Crippen LogP contribution in [0.2, 0.25) is 0 Å². The number of alkyl halides is 2. The summed E-state index contributed by atoms with van der Waals surface area (Å²) in [7, 11) is 0. The van der Waals surface area contributed by atoms with Crippen molar-refractivity contribution in [3.63, 3.8) is 0 Å². The van der Waals surface area contributed by atoms with Crippen LogP contribution in [0.1, 0.15) is 23.7 Å². The van der Waals surface area contributed by atoms with Gasteiger partial charge in [-0.15, -0.1) is 0 Å². The van der Waals surface area contributed by atoms with E-state index in [1.165, 1.54) is 18.2 Å². The summed E-state index contributed by atoms with van der Waals surface area (Å²) in [6, 6.07) is 4.05. The molecule has 6 heteroatoms. The number of carboxylic acids is 1. The van der Waals surface area contributed by atoms with E-state index in [1.807, 2.05) is 6.92 Å². The molecule has 0 spiro atoms. The lowest BCUT2D eigenvalue weighted by molar-refractivity contribution is 0.0663. The third-order valence-corrected chi connectivity index (χ3v) is 2.02. The van der Waals surface area contributed by atoms with Gasteiger partial charge in [0.15, 0.2) is 0 Å². The van der Waals surface area contributed by atoms with E-state index < -0.39 is 19.0 Å². The summed E-state index contributed by atoms with van der Waals surface area (Å²) < 4.78 is 34.2. The summed E-state index contributed by atoms with van der Waals surface area (Å²) in [4.78, 5) is 10.9. The number of halogens is 2. The van der Waals surface area contributed by atoms with Crippen LogP contribution in [-0.4, -0.2) is 30.7 Å². The molecule has 0 fully saturated rings. The molecule has 1 aromatic rings. The highest BCUT2D eigenvalue weighted by molar-refractivity contribution is 5.91. The van der Waals surface area contributed by atoms with Gasteiger partial charge < -0.3 is 14.6 Å². The quantitative estimate of drug-likeness (QED) is 0.819. The normalized spacial score (nSPS) is 10.4. The highest BCUT2D eigenvalue weighted by Crippen LogP contribution is 2.25. The van der Waals surface area contributed by atoms with E-state index in [-0.39, 0.29) is 11.3 Å². The van der Waals surface area contributed by atoms with Gasteiger partial charge in [-0.1, -0.05) is 6.92 Å². The molecule has 0 bridgehead atoms. The minimum absolute atomic E-state index is 0.114. The molecule has 0 aliphatic rings. The van der Waals surface area contributed by atoms with Crippen LogP contribution in [0.25, 0.3) is 0 Å². The molecule has 1 rings (SSSR count). The average molecular weight is 260 g/mol. The summed E-state index contributed by atoms with van der Waals surface area (Å²) in [6.07, 6.45) is -1.87. The van der Waals surface area contributed by atoms with Crippen molar-refractivity contribution in [3.8, 4) is 11.5 Å². The monoisotopic (exact) mass is 260 g/mol. The average Bonchev–Trinajstić information content (AvgIpc) is 2.33. The van der Waals surface area contributed by atoms with Crippen molar-refractivity contribution in [3.05, 3.63) is 23.8 Å². The molecular weight excluding hydrogens is 246 g/mol. The summed E-state index contributed by atoms with van der Waals surface area (Å²) in [5.74, 6) is -0.955. The molecule has 0 heterocycles. The van der Waals surface area contributed by atoms with Crippen molar-refractivity contribution in [2.45, 2.75) is 19.8 Å². The fraction of sp³-hybridized carbons (Fsp3) is 0.417. The topological polar surface area (TPSA) is 55.8 Å². The van der Waals surface area contributed by atoms with E-state index in [9.17, 15) is 13.6 Å². The lowest BCUT2D eigenvalue weighted by Gasteiger charge is -2.11. The fourth-order valence-corrected chi connectivity index (χ4v) is 1.26. The Balaban J connectivity index is 2.88. The first-order valence-electron chi connectivity index (χ1n) is 5.45. The predicted octanol–water partition coefficient (Wildman–Crippen LogP) is 2.82. The largest absolute Gasteiger partial charge is 0.493 e. The van der Waals surface area contributed by atoms with E-state index in [1.54, 1.807) is 0 Å². The van der Waals surface area contributed by atoms with Crippen LogP contribution in [0.15, 0.2) is 18.2 Å². The second-order valence-electron chi connectivity index (χ2n) is 3.51. The van der Waals surface area contributed by atoms with Crippen molar-refractivity contribution in [1.29, 1.82) is 0 Å². The Morgan fingerprint density at radius 1 is 1.39 bits per heavy atom. The van der Waals surface area contributed by atoms with Crippen LogP contribution in [0.5, 0.6) is 11.5 Å². The van der Waals surface area contributed by atoms with E-state index in [0.717, 1.165) is 6.42 Å². The molecule has 100 valence electrons. The van der Waals surface area contributed by atoms with E-state index in [2.05, 4.69) is 0 Å². The maximum absolute atomic E-state index is 12.1. The van der Waals surface area contributed by atoms with Gasteiger partial charge >= 0.3 is 5.97 Å². The Labute approximate surface area is 103 Å². The molecule has 0 aromatic heterocycles. The second kappa shape index (κ2) is 6.78. The number of carbonyl (C=O) groups is 1. The zero-order chi connectivity index (χ0) is 13.5. The molecule has 0 saturated heterocycles. The lowest BCUT2D eigenvalue weighted by Crippen LogP contribution is -2.10. The second-order valence-corrected chi connectivity index (χ2v) is 3.51. The third-order valence-electron chi connectivity index (χ3n) is 2.02. The number of benzene rings is 1. The minimum atomic E-state index is -2.66. The van der Waals surface area contributed by atoms with Gasteiger partial charge in [-0.05, 0) is 18.6 Å². The Morgan fingerprint density at radius 3 is 2.67 bits per heavy atom. The van der Waals surface area contributed by atoms with Crippen molar-refractivity contribution >= 4 is 5.97 Å². The Hall–Kier alpha value is -1.85. The SMILES string of the molecule is CCCOc1ccc(C(=O)O)c(OCC(F)F)c1. The summed E-state index contributed by atoms with van der Waals surface area (Å²) in [5, 5.41) is 8.89. The van der Waals surface area contributed by atoms with Crippen LogP contribution in [-0.2, 0) is 0 Å². The molecule has 0 radical (unpaired) electrons. The van der Waals surface area contributed by atoms with Crippen LogP contribution in [0.3, 0.4) is 0 Å². The molecule has 0 aliphatic carbocycles. The molecular formula is C12H14F2O4. The number of ether oxygens (including phenoxy) is 2. The fourth-order valence-electron chi connectivity index (χ4n) is 1.26. The smallest absolute Gasteiger partial charge is 0.339 e. The lowest BCUT2D eigenvalue weighted by atomic mass is 10.2. The number of aromatic carboxylic acids is 1. The maximum Gasteiger partial charge on any atom is 0.339 e. The molecule has 0 unspecified atom stereocenters. The first-order valence-corrected chi connectivity index (χ1v) is 5.45. The van der Waals surface area contributed by atoms with Crippen LogP contribution >= 0.6 is 0 Å². The van der Waals surface area contributed by atoms with Crippen molar-refractivity contribution in [2.24, 2.45) is 0 Å². The first kappa shape index (κ1) is 14.2. The zero-order valence-electron chi connectivity index (χ0n) is 9.86. The van der Waals surface area contributed by atoms with E-state index in [4.69, 9.17) is 14.6 Å².